The fraction of sp³-hybridized carbons (Fsp3) is 0. The molecule has 0 amide bonds. The van der Waals surface area contributed by atoms with Crippen LogP contribution in [0.25, 0.3) is 129 Å². The molecule has 0 spiro atoms. The Labute approximate surface area is 339 Å². The largest absolute Gasteiger partial charge is 0.422 e. The summed E-state index contributed by atoms with van der Waals surface area (Å²) >= 11 is 0. The van der Waals surface area contributed by atoms with Crippen molar-refractivity contribution in [2.75, 3.05) is 0 Å². The summed E-state index contributed by atoms with van der Waals surface area (Å²) in [7, 11) is 0. The second-order valence-corrected chi connectivity index (χ2v) is 16.6. The Kier molecular flexibility index (Phi) is 5.42. The molecule has 15 aromatic rings. The summed E-state index contributed by atoms with van der Waals surface area (Å²) in [5.41, 5.74) is 0.678. The number of hydrogen-bond donors (Lipinski definition) is 0. The van der Waals surface area contributed by atoms with Crippen LogP contribution in [-0.4, -0.2) is 11.9 Å². The zero-order valence-corrected chi connectivity index (χ0v) is 31.6. The minimum Gasteiger partial charge on any atom is -0.422 e. The third-order valence-electron chi connectivity index (χ3n) is 13.7. The van der Waals surface area contributed by atoms with Gasteiger partial charge >= 0.3 is 11.9 Å². The third-order valence-corrected chi connectivity index (χ3v) is 13.7. The highest BCUT2D eigenvalue weighted by atomic mass is 16.5. The van der Waals surface area contributed by atoms with Crippen LogP contribution in [0.2, 0.25) is 0 Å². The molecule has 0 aliphatic rings. The van der Waals surface area contributed by atoms with E-state index in [1.165, 1.54) is 86.2 Å². The van der Waals surface area contributed by atoms with Gasteiger partial charge in [0.2, 0.25) is 0 Å². The van der Waals surface area contributed by atoms with Crippen molar-refractivity contribution in [1.29, 1.82) is 0 Å². The highest BCUT2D eigenvalue weighted by Crippen LogP contribution is 2.52. The van der Waals surface area contributed by atoms with Crippen molar-refractivity contribution < 1.29 is 19.1 Å². The van der Waals surface area contributed by atoms with E-state index in [1.54, 1.807) is 24.3 Å². The number of esters is 2. The predicted octanol–water partition coefficient (Wildman–Crippen LogP) is 14.6. The van der Waals surface area contributed by atoms with Crippen molar-refractivity contribution in [3.63, 3.8) is 0 Å². The molecule has 274 valence electrons. The van der Waals surface area contributed by atoms with E-state index in [-0.39, 0.29) is 0 Å². The quantitative estimate of drug-likeness (QED) is 0.0775. The van der Waals surface area contributed by atoms with Crippen LogP contribution >= 0.6 is 0 Å². The normalized spacial score (nSPS) is 12.8. The lowest BCUT2D eigenvalue weighted by Crippen LogP contribution is -2.12. The van der Waals surface area contributed by atoms with Crippen LogP contribution < -0.4 is 9.47 Å². The topological polar surface area (TPSA) is 52.6 Å². The fourth-order valence-corrected chi connectivity index (χ4v) is 11.1. The van der Waals surface area contributed by atoms with Gasteiger partial charge in [-0.2, -0.15) is 0 Å². The summed E-state index contributed by atoms with van der Waals surface area (Å²) < 4.78 is 12.5. The smallest absolute Gasteiger partial charge is 0.343 e. The van der Waals surface area contributed by atoms with Gasteiger partial charge in [0.05, 0.1) is 11.1 Å². The molecule has 0 N–H and O–H groups in total. The first-order valence-corrected chi connectivity index (χ1v) is 20.3. The monoisotopic (exact) mass is 762 g/mol. The maximum atomic E-state index is 13.9. The first-order chi connectivity index (χ1) is 29.6. The molecule has 0 bridgehead atoms. The van der Waals surface area contributed by atoms with E-state index in [1.807, 2.05) is 12.1 Å². The Morgan fingerprint density at radius 3 is 0.750 bits per heavy atom. The van der Waals surface area contributed by atoms with Crippen molar-refractivity contribution in [1.82, 2.24) is 0 Å². The lowest BCUT2D eigenvalue weighted by Gasteiger charge is -2.21. The van der Waals surface area contributed by atoms with Crippen LogP contribution in [0, 0.1) is 0 Å². The number of benzene rings is 15. The van der Waals surface area contributed by atoms with Crippen molar-refractivity contribution in [2.45, 2.75) is 0 Å². The van der Waals surface area contributed by atoms with E-state index in [0.29, 0.717) is 22.6 Å². The molecule has 0 atom stereocenters. The number of carbonyl (C=O) groups excluding carboxylic acids is 2. The summed E-state index contributed by atoms with van der Waals surface area (Å²) in [6.45, 7) is 0. The first kappa shape index (κ1) is 31.0. The van der Waals surface area contributed by atoms with Gasteiger partial charge in [-0.15, -0.1) is 0 Å². The van der Waals surface area contributed by atoms with Gasteiger partial charge in [0.25, 0.3) is 0 Å². The molecule has 4 nitrogen and oxygen atoms in total. The Balaban J connectivity index is 0.809. The van der Waals surface area contributed by atoms with E-state index in [4.69, 9.17) is 9.47 Å². The van der Waals surface area contributed by atoms with Crippen LogP contribution in [0.1, 0.15) is 20.7 Å². The SMILES string of the molecule is O=C(Oc1cc2ccc3ccc4ccc5ccc6ccc1c1c6c5c4c3c21)c1ccc(C(=O)Oc2cc3ccc4ccc5ccc6ccc7ccc2c2c7c6c5c4c32)cc1. The number of ether oxygens (including phenoxy) is 2. The molecule has 0 aliphatic heterocycles. The van der Waals surface area contributed by atoms with Gasteiger partial charge < -0.3 is 9.47 Å². The van der Waals surface area contributed by atoms with Crippen LogP contribution in [0.5, 0.6) is 11.5 Å². The van der Waals surface area contributed by atoms with E-state index in [2.05, 4.69) is 121 Å². The highest BCUT2D eigenvalue weighted by molar-refractivity contribution is 6.46. The lowest BCUT2D eigenvalue weighted by atomic mass is 9.83. The third kappa shape index (κ3) is 3.69. The second kappa shape index (κ2) is 10.5. The molecule has 0 heterocycles. The van der Waals surface area contributed by atoms with E-state index in [0.717, 1.165) is 43.1 Å². The zero-order valence-electron chi connectivity index (χ0n) is 31.6. The van der Waals surface area contributed by atoms with E-state index in [9.17, 15) is 9.59 Å². The molecule has 15 aromatic carbocycles. The molecule has 0 aliphatic carbocycles. The molecule has 0 saturated carbocycles. The van der Waals surface area contributed by atoms with Crippen LogP contribution in [0.3, 0.4) is 0 Å². The van der Waals surface area contributed by atoms with Gasteiger partial charge in [-0.25, -0.2) is 9.59 Å². The minimum atomic E-state index is -0.496. The molecule has 0 saturated heterocycles. The summed E-state index contributed by atoms with van der Waals surface area (Å²) in [5, 5.41) is 28.0. The average Bonchev–Trinajstić information content (AvgIpc) is 3.29. The number of carbonyl (C=O) groups is 2. The summed E-state index contributed by atoms with van der Waals surface area (Å²) in [5.74, 6) is 0.0229. The van der Waals surface area contributed by atoms with Crippen molar-refractivity contribution in [3.8, 4) is 11.5 Å². The maximum absolute atomic E-state index is 13.9. The fourth-order valence-electron chi connectivity index (χ4n) is 11.1. The first-order valence-electron chi connectivity index (χ1n) is 20.3. The lowest BCUT2D eigenvalue weighted by molar-refractivity contribution is 0.0723. The molecule has 15 rings (SSSR count). The number of hydrogen-bond acceptors (Lipinski definition) is 4. The molecule has 4 heteroatoms. The van der Waals surface area contributed by atoms with Gasteiger partial charge in [0, 0.05) is 21.5 Å². The molecule has 0 unspecified atom stereocenters. The Bertz CT molecular complexity index is 3920. The van der Waals surface area contributed by atoms with Crippen molar-refractivity contribution in [2.24, 2.45) is 0 Å². The van der Waals surface area contributed by atoms with E-state index < -0.39 is 11.9 Å². The van der Waals surface area contributed by atoms with Crippen molar-refractivity contribution in [3.05, 3.63) is 169 Å². The Hall–Kier alpha value is -8.08. The highest BCUT2D eigenvalue weighted by Gasteiger charge is 2.25. The predicted molar refractivity (Wildman–Crippen MR) is 246 cm³/mol. The molecule has 0 aromatic heterocycles. The Morgan fingerprint density at radius 1 is 0.250 bits per heavy atom. The van der Waals surface area contributed by atoms with Crippen LogP contribution in [0.15, 0.2) is 158 Å². The maximum Gasteiger partial charge on any atom is 0.343 e. The standard InChI is InChI=1S/C56H26O4/c57-55(59-41-25-37-19-13-31-7-3-27-1-5-29-9-11-33-21-23-39(41)53-49(33)45(29)43(27)47(31)51(37)53)35-15-17-36(18-16-35)56(58)60-42-26-38-20-14-32-8-4-28-2-6-30-10-12-34-22-24-40(42)54-50(34)46(30)44(28)48(32)52(38)54/h1-26H. The zero-order chi connectivity index (χ0) is 39.1. The molecular formula is C56H26O4. The van der Waals surface area contributed by atoms with Gasteiger partial charge in [-0.05, 0) is 156 Å². The molecule has 0 fully saturated rings. The minimum absolute atomic E-state index is 0.339. The summed E-state index contributed by atoms with van der Waals surface area (Å²) in [4.78, 5) is 27.9. The Morgan fingerprint density at radius 2 is 0.467 bits per heavy atom. The van der Waals surface area contributed by atoms with Crippen LogP contribution in [-0.2, 0) is 0 Å². The van der Waals surface area contributed by atoms with Gasteiger partial charge in [-0.3, -0.25) is 0 Å². The van der Waals surface area contributed by atoms with Crippen molar-refractivity contribution >= 4 is 141 Å². The second-order valence-electron chi connectivity index (χ2n) is 16.6. The molecule has 60 heavy (non-hydrogen) atoms. The van der Waals surface area contributed by atoms with Crippen LogP contribution in [0.4, 0.5) is 0 Å². The van der Waals surface area contributed by atoms with Gasteiger partial charge in [0.15, 0.2) is 0 Å². The van der Waals surface area contributed by atoms with E-state index >= 15 is 0 Å². The number of rotatable bonds is 4. The average molecular weight is 763 g/mol. The summed E-state index contributed by atoms with van der Waals surface area (Å²) in [6.07, 6.45) is 0. The summed E-state index contributed by atoms with van der Waals surface area (Å²) in [6, 6.07) is 53.9. The molecular weight excluding hydrogens is 737 g/mol. The molecule has 0 radical (unpaired) electrons. The van der Waals surface area contributed by atoms with Gasteiger partial charge in [-0.1, -0.05) is 109 Å². The van der Waals surface area contributed by atoms with Gasteiger partial charge in [0.1, 0.15) is 11.5 Å².